The van der Waals surface area contributed by atoms with Crippen molar-refractivity contribution in [2.75, 3.05) is 0 Å². The first kappa shape index (κ1) is 24.4. The van der Waals surface area contributed by atoms with E-state index in [-0.39, 0.29) is 0 Å². The molecule has 0 radical (unpaired) electrons. The van der Waals surface area contributed by atoms with Crippen LogP contribution in [0.15, 0.2) is 58.3 Å². The number of amides is 1. The maximum Gasteiger partial charge on any atom is 0.408 e. The highest BCUT2D eigenvalue weighted by atomic mass is 35.5. The number of fused-ring (bicyclic) bond motifs is 1. The Bertz CT molecular complexity index is 1300. The maximum atomic E-state index is 12.6. The number of thioether (sulfide) groups is 1. The second-order valence-corrected chi connectivity index (χ2v) is 10.5. The average molecular weight is 519 g/mol. The molecule has 2 heterocycles. The van der Waals surface area contributed by atoms with Crippen LogP contribution in [-0.2, 0) is 16.9 Å². The molecule has 0 aliphatic carbocycles. The van der Waals surface area contributed by atoms with Gasteiger partial charge in [-0.05, 0) is 50.1 Å². The van der Waals surface area contributed by atoms with Crippen LogP contribution in [0.4, 0.5) is 4.79 Å². The molecule has 0 aliphatic heterocycles. The molecular weight excluding hydrogens is 495 g/mol. The fourth-order valence-electron chi connectivity index (χ4n) is 3.37. The smallest absolute Gasteiger partial charge is 0.408 e. The minimum atomic E-state index is -0.636. The van der Waals surface area contributed by atoms with Crippen LogP contribution in [0.1, 0.15) is 43.8 Å². The fourth-order valence-corrected chi connectivity index (χ4v) is 4.70. The van der Waals surface area contributed by atoms with Gasteiger partial charge in [0.15, 0.2) is 0 Å². The average Bonchev–Trinajstić information content (AvgIpc) is 3.39. The summed E-state index contributed by atoms with van der Waals surface area (Å²) in [4.78, 5) is 15.8. The number of alkyl carbamates (subject to hydrolysis) is 1. The Morgan fingerprint density at radius 2 is 1.97 bits per heavy atom. The van der Waals surface area contributed by atoms with Gasteiger partial charge in [0.2, 0.25) is 5.89 Å². The summed E-state index contributed by atoms with van der Waals surface area (Å²) in [5, 5.41) is 13.8. The Balaban J connectivity index is 1.53. The monoisotopic (exact) mass is 518 g/mol. The molecule has 4 rings (SSSR count). The van der Waals surface area contributed by atoms with Crippen LogP contribution < -0.4 is 5.32 Å². The second-order valence-electron chi connectivity index (χ2n) is 8.69. The van der Waals surface area contributed by atoms with Gasteiger partial charge in [0.25, 0.3) is 5.22 Å². The van der Waals surface area contributed by atoms with Gasteiger partial charge in [-0.15, -0.1) is 10.2 Å². The molecule has 4 aromatic rings. The molecule has 7 nitrogen and oxygen atoms in total. The topological polar surface area (TPSA) is 93.0 Å². The van der Waals surface area contributed by atoms with E-state index in [0.29, 0.717) is 33.3 Å². The van der Waals surface area contributed by atoms with Gasteiger partial charge < -0.3 is 19.5 Å². The van der Waals surface area contributed by atoms with E-state index in [4.69, 9.17) is 32.4 Å². The Morgan fingerprint density at radius 1 is 1.18 bits per heavy atom. The number of carbonyl (C=O) groups excluding carboxylic acids is 1. The molecule has 0 aliphatic rings. The number of H-pyrrole nitrogens is 1. The first-order valence-corrected chi connectivity index (χ1v) is 12.4. The third-order valence-electron chi connectivity index (χ3n) is 4.88. The number of hydrogen-bond donors (Lipinski definition) is 2. The van der Waals surface area contributed by atoms with Crippen LogP contribution in [0.25, 0.3) is 10.9 Å². The maximum absolute atomic E-state index is 12.6. The van der Waals surface area contributed by atoms with Gasteiger partial charge in [-0.3, -0.25) is 0 Å². The zero-order valence-electron chi connectivity index (χ0n) is 18.9. The highest BCUT2D eigenvalue weighted by Gasteiger charge is 2.26. The molecule has 0 fully saturated rings. The number of aromatic nitrogens is 3. The summed E-state index contributed by atoms with van der Waals surface area (Å²) in [7, 11) is 0. The van der Waals surface area contributed by atoms with Crippen molar-refractivity contribution < 1.29 is 13.9 Å². The second kappa shape index (κ2) is 10.3. The SMILES string of the molecule is CC(C)(C)OC(=O)NC(Cc1c[nH]c2ccccc12)c1nnc(SCc2ccc(Cl)cc2Cl)o1. The lowest BCUT2D eigenvalue weighted by Crippen LogP contribution is -2.36. The third-order valence-corrected chi connectivity index (χ3v) is 6.33. The van der Waals surface area contributed by atoms with Gasteiger partial charge in [0, 0.05) is 39.3 Å². The number of aromatic amines is 1. The summed E-state index contributed by atoms with van der Waals surface area (Å²) >= 11 is 13.6. The van der Waals surface area contributed by atoms with Crippen molar-refractivity contribution in [2.24, 2.45) is 0 Å². The first-order valence-electron chi connectivity index (χ1n) is 10.6. The number of carbonyl (C=O) groups is 1. The first-order chi connectivity index (χ1) is 16.2. The number of nitrogens with one attached hydrogen (secondary N) is 2. The van der Waals surface area contributed by atoms with Gasteiger partial charge in [-0.1, -0.05) is 59.2 Å². The van der Waals surface area contributed by atoms with Gasteiger partial charge in [0.05, 0.1) is 0 Å². The lowest BCUT2D eigenvalue weighted by molar-refractivity contribution is 0.0494. The van der Waals surface area contributed by atoms with Crippen LogP contribution in [0.5, 0.6) is 0 Å². The van der Waals surface area contributed by atoms with Crippen molar-refractivity contribution in [3.05, 3.63) is 75.7 Å². The largest absolute Gasteiger partial charge is 0.444 e. The van der Waals surface area contributed by atoms with E-state index in [1.54, 1.807) is 12.1 Å². The highest BCUT2D eigenvalue weighted by molar-refractivity contribution is 7.98. The lowest BCUT2D eigenvalue weighted by atomic mass is 10.1. The summed E-state index contributed by atoms with van der Waals surface area (Å²) in [5.41, 5.74) is 2.29. The molecule has 0 saturated carbocycles. The summed E-state index contributed by atoms with van der Waals surface area (Å²) in [6, 6.07) is 12.7. The summed E-state index contributed by atoms with van der Waals surface area (Å²) in [6.45, 7) is 5.43. The highest BCUT2D eigenvalue weighted by Crippen LogP contribution is 2.30. The van der Waals surface area contributed by atoms with Crippen LogP contribution >= 0.6 is 35.0 Å². The van der Waals surface area contributed by atoms with Crippen LogP contribution in [0.2, 0.25) is 10.0 Å². The van der Waals surface area contributed by atoms with Crippen molar-refractivity contribution in [1.29, 1.82) is 0 Å². The minimum Gasteiger partial charge on any atom is -0.444 e. The summed E-state index contributed by atoms with van der Waals surface area (Å²) < 4.78 is 11.4. The molecule has 1 unspecified atom stereocenters. The molecule has 2 N–H and O–H groups in total. The van der Waals surface area contributed by atoms with Crippen LogP contribution in [0, 0.1) is 0 Å². The number of hydrogen-bond acceptors (Lipinski definition) is 6. The lowest BCUT2D eigenvalue weighted by Gasteiger charge is -2.22. The molecule has 178 valence electrons. The molecule has 34 heavy (non-hydrogen) atoms. The number of ether oxygens (including phenoxy) is 1. The number of para-hydroxylation sites is 1. The van der Waals surface area contributed by atoms with Crippen molar-refractivity contribution in [3.8, 4) is 0 Å². The van der Waals surface area contributed by atoms with Crippen LogP contribution in [-0.4, -0.2) is 26.9 Å². The van der Waals surface area contributed by atoms with E-state index >= 15 is 0 Å². The molecule has 0 spiro atoms. The Labute approximate surface area is 211 Å². The van der Waals surface area contributed by atoms with Crippen molar-refractivity contribution in [3.63, 3.8) is 0 Å². The molecule has 2 aromatic carbocycles. The van der Waals surface area contributed by atoms with Gasteiger partial charge in [0.1, 0.15) is 11.6 Å². The molecule has 10 heteroatoms. The van der Waals surface area contributed by atoms with Gasteiger partial charge in [-0.2, -0.15) is 0 Å². The Kier molecular flexibility index (Phi) is 7.40. The van der Waals surface area contributed by atoms with Crippen LogP contribution in [0.3, 0.4) is 0 Å². The quantitative estimate of drug-likeness (QED) is 0.257. The Morgan fingerprint density at radius 3 is 2.74 bits per heavy atom. The van der Waals surface area contributed by atoms with E-state index in [1.807, 2.05) is 57.3 Å². The molecule has 2 aromatic heterocycles. The van der Waals surface area contributed by atoms with Crippen molar-refractivity contribution in [1.82, 2.24) is 20.5 Å². The molecule has 0 bridgehead atoms. The number of benzene rings is 2. The predicted molar refractivity (Wildman–Crippen MR) is 134 cm³/mol. The van der Waals surface area contributed by atoms with E-state index in [0.717, 1.165) is 22.0 Å². The van der Waals surface area contributed by atoms with E-state index in [9.17, 15) is 4.79 Å². The standard InChI is InChI=1S/C24H24Cl2N4O3S/c1-24(2,3)33-22(31)28-20(10-15-12-27-19-7-5-4-6-17(15)19)21-29-30-23(32-21)34-13-14-8-9-16(25)11-18(14)26/h4-9,11-12,20,27H,10,13H2,1-3H3,(H,28,31). The summed E-state index contributed by atoms with van der Waals surface area (Å²) in [5.74, 6) is 0.824. The zero-order chi connectivity index (χ0) is 24.3. The molecule has 0 saturated heterocycles. The normalized spacial score (nSPS) is 12.6. The molecular formula is C24H24Cl2N4O3S. The molecule has 1 amide bonds. The Hall–Kier alpha value is -2.68. The number of nitrogens with zero attached hydrogens (tertiary/aromatic N) is 2. The summed E-state index contributed by atoms with van der Waals surface area (Å²) in [6.07, 6.45) is 1.80. The number of rotatable bonds is 7. The van der Waals surface area contributed by atoms with E-state index < -0.39 is 17.7 Å². The van der Waals surface area contributed by atoms with Gasteiger partial charge >= 0.3 is 6.09 Å². The minimum absolute atomic E-state index is 0.292. The van der Waals surface area contributed by atoms with E-state index in [1.165, 1.54) is 11.8 Å². The van der Waals surface area contributed by atoms with Gasteiger partial charge in [-0.25, -0.2) is 4.79 Å². The predicted octanol–water partition coefficient (Wildman–Crippen LogP) is 6.96. The third kappa shape index (κ3) is 6.25. The van der Waals surface area contributed by atoms with Crippen molar-refractivity contribution >= 4 is 52.0 Å². The zero-order valence-corrected chi connectivity index (χ0v) is 21.2. The number of halogens is 2. The van der Waals surface area contributed by atoms with Crippen molar-refractivity contribution in [2.45, 2.75) is 49.8 Å². The molecule has 1 atom stereocenters. The van der Waals surface area contributed by atoms with E-state index in [2.05, 4.69) is 20.5 Å². The fraction of sp³-hybridized carbons (Fsp3) is 0.292.